The number of rotatable bonds is 5. The Kier molecular flexibility index (Phi) is 4.84. The second-order valence-electron chi connectivity index (χ2n) is 4.56. The van der Waals surface area contributed by atoms with Gasteiger partial charge in [-0.25, -0.2) is 4.98 Å². The molecule has 1 aromatic heterocycles. The van der Waals surface area contributed by atoms with Crippen LogP contribution in [0.5, 0.6) is 0 Å². The van der Waals surface area contributed by atoms with E-state index in [1.807, 2.05) is 6.07 Å². The van der Waals surface area contributed by atoms with E-state index in [0.717, 1.165) is 11.8 Å². The summed E-state index contributed by atoms with van der Waals surface area (Å²) in [6.07, 6.45) is 1.04. The largest absolute Gasteiger partial charge is 0.461 e. The molecule has 0 spiro atoms. The molecule has 2 rings (SSSR count). The molecule has 0 radical (unpaired) electrons. The summed E-state index contributed by atoms with van der Waals surface area (Å²) in [6.45, 7) is 1.48. The lowest BCUT2D eigenvalue weighted by Gasteiger charge is -2.08. The summed E-state index contributed by atoms with van der Waals surface area (Å²) < 4.78 is 4.87. The molecule has 8 nitrogen and oxygen atoms in total. The highest BCUT2D eigenvalue weighted by atomic mass is 16.6. The third-order valence-corrected chi connectivity index (χ3v) is 2.87. The molecule has 2 aromatic rings. The van der Waals surface area contributed by atoms with Crippen molar-refractivity contribution in [2.24, 2.45) is 0 Å². The molecule has 0 amide bonds. The lowest BCUT2D eigenvalue weighted by atomic mass is 10.2. The Hall–Kier alpha value is -3.47. The van der Waals surface area contributed by atoms with Gasteiger partial charge >= 0.3 is 11.7 Å². The van der Waals surface area contributed by atoms with Crippen molar-refractivity contribution in [1.82, 2.24) is 4.98 Å². The molecule has 0 bridgehead atoms. The fraction of sp³-hybridized carbons (Fsp3) is 0.133. The zero-order valence-electron chi connectivity index (χ0n) is 12.1. The van der Waals surface area contributed by atoms with E-state index in [0.29, 0.717) is 5.69 Å². The number of esters is 1. The number of carbonyl (C=O) groups excluding carboxylic acids is 1. The molecular formula is C15H12N4O4. The van der Waals surface area contributed by atoms with Crippen LogP contribution in [-0.2, 0) is 16.1 Å². The van der Waals surface area contributed by atoms with Gasteiger partial charge in [-0.1, -0.05) is 12.1 Å². The number of benzene rings is 1. The first-order chi connectivity index (χ1) is 11.0. The minimum Gasteiger partial charge on any atom is -0.461 e. The van der Waals surface area contributed by atoms with Crippen LogP contribution in [0.4, 0.5) is 17.1 Å². The molecule has 1 aromatic carbocycles. The topological polar surface area (TPSA) is 118 Å². The minimum absolute atomic E-state index is 0.0737. The number of carbonyl (C=O) groups is 1. The van der Waals surface area contributed by atoms with Crippen LogP contribution < -0.4 is 5.32 Å². The van der Waals surface area contributed by atoms with Gasteiger partial charge in [0.2, 0.25) is 0 Å². The Morgan fingerprint density at radius 3 is 2.70 bits per heavy atom. The number of hydrogen-bond acceptors (Lipinski definition) is 7. The van der Waals surface area contributed by atoms with E-state index < -0.39 is 4.92 Å². The summed E-state index contributed by atoms with van der Waals surface area (Å²) in [5, 5.41) is 22.7. The highest BCUT2D eigenvalue weighted by molar-refractivity contribution is 5.70. The minimum atomic E-state index is -0.578. The van der Waals surface area contributed by atoms with Gasteiger partial charge in [0.15, 0.2) is 0 Å². The molecule has 0 aliphatic heterocycles. The standard InChI is InChI=1S/C15H12N4O4/c1-10(20)23-9-11-2-4-12(5-3-11)18-14-6-13(7-16)17-8-15(14)19(21)22/h2-6,8H,9H2,1H3,(H,17,18). The van der Waals surface area contributed by atoms with Crippen molar-refractivity contribution in [3.63, 3.8) is 0 Å². The number of nitrogens with zero attached hydrogens (tertiary/aromatic N) is 3. The molecule has 1 N–H and O–H groups in total. The molecule has 0 saturated heterocycles. The van der Waals surface area contributed by atoms with Gasteiger partial charge in [0.25, 0.3) is 0 Å². The van der Waals surface area contributed by atoms with Crippen LogP contribution in [0.1, 0.15) is 18.2 Å². The van der Waals surface area contributed by atoms with Crippen molar-refractivity contribution in [2.75, 3.05) is 5.32 Å². The van der Waals surface area contributed by atoms with Gasteiger partial charge in [0.1, 0.15) is 30.3 Å². The van der Waals surface area contributed by atoms with Crippen LogP contribution in [0.15, 0.2) is 36.5 Å². The lowest BCUT2D eigenvalue weighted by Crippen LogP contribution is -2.00. The fourth-order valence-corrected chi connectivity index (χ4v) is 1.78. The first-order valence-corrected chi connectivity index (χ1v) is 6.53. The van der Waals surface area contributed by atoms with Crippen LogP contribution >= 0.6 is 0 Å². The van der Waals surface area contributed by atoms with Crippen LogP contribution in [0.25, 0.3) is 0 Å². The van der Waals surface area contributed by atoms with E-state index in [2.05, 4.69) is 10.3 Å². The third-order valence-electron chi connectivity index (χ3n) is 2.87. The third kappa shape index (κ3) is 4.25. The van der Waals surface area contributed by atoms with Gasteiger partial charge in [-0.15, -0.1) is 0 Å². The predicted octanol–water partition coefficient (Wildman–Crippen LogP) is 2.67. The number of nitro groups is 1. The molecule has 116 valence electrons. The van der Waals surface area contributed by atoms with Crippen LogP contribution in [0, 0.1) is 21.4 Å². The average molecular weight is 312 g/mol. The zero-order valence-corrected chi connectivity index (χ0v) is 12.1. The summed E-state index contributed by atoms with van der Waals surface area (Å²) in [5.74, 6) is -0.372. The van der Waals surface area contributed by atoms with E-state index in [-0.39, 0.29) is 29.6 Å². The van der Waals surface area contributed by atoms with Crippen molar-refractivity contribution in [3.05, 3.63) is 57.9 Å². The summed E-state index contributed by atoms with van der Waals surface area (Å²) in [5.41, 5.74) is 1.40. The molecule has 8 heteroatoms. The van der Waals surface area contributed by atoms with Gasteiger partial charge in [-0.05, 0) is 17.7 Å². The Labute approximate surface area is 131 Å². The zero-order chi connectivity index (χ0) is 16.8. The summed E-state index contributed by atoms with van der Waals surface area (Å²) in [4.78, 5) is 24.9. The Bertz CT molecular complexity index is 781. The first kappa shape index (κ1) is 15.9. The van der Waals surface area contributed by atoms with Crippen molar-refractivity contribution in [3.8, 4) is 6.07 Å². The summed E-state index contributed by atoms with van der Waals surface area (Å²) in [7, 11) is 0. The number of nitrogens with one attached hydrogen (secondary N) is 1. The maximum Gasteiger partial charge on any atom is 0.310 e. The normalized spacial score (nSPS) is 9.74. The molecular weight excluding hydrogens is 300 g/mol. The van der Waals surface area contributed by atoms with E-state index in [4.69, 9.17) is 10.00 Å². The molecule has 0 aliphatic rings. The number of anilines is 2. The molecule has 23 heavy (non-hydrogen) atoms. The Morgan fingerprint density at radius 2 is 2.13 bits per heavy atom. The van der Waals surface area contributed by atoms with Gasteiger partial charge in [-0.2, -0.15) is 5.26 Å². The maximum atomic E-state index is 11.0. The second-order valence-corrected chi connectivity index (χ2v) is 4.56. The highest BCUT2D eigenvalue weighted by Crippen LogP contribution is 2.27. The summed E-state index contributed by atoms with van der Waals surface area (Å²) >= 11 is 0. The molecule has 1 heterocycles. The van der Waals surface area contributed by atoms with E-state index in [9.17, 15) is 14.9 Å². The fourth-order valence-electron chi connectivity index (χ4n) is 1.78. The van der Waals surface area contributed by atoms with Crippen molar-refractivity contribution in [1.29, 1.82) is 5.26 Å². The van der Waals surface area contributed by atoms with Gasteiger partial charge in [-0.3, -0.25) is 14.9 Å². The smallest absolute Gasteiger partial charge is 0.310 e. The van der Waals surface area contributed by atoms with Crippen LogP contribution in [-0.4, -0.2) is 15.9 Å². The maximum absolute atomic E-state index is 11.0. The SMILES string of the molecule is CC(=O)OCc1ccc(Nc2cc(C#N)ncc2[N+](=O)[O-])cc1. The van der Waals surface area contributed by atoms with E-state index in [1.165, 1.54) is 13.0 Å². The highest BCUT2D eigenvalue weighted by Gasteiger charge is 2.15. The first-order valence-electron chi connectivity index (χ1n) is 6.53. The Balaban J connectivity index is 2.20. The number of nitriles is 1. The van der Waals surface area contributed by atoms with E-state index in [1.54, 1.807) is 24.3 Å². The van der Waals surface area contributed by atoms with Crippen LogP contribution in [0.2, 0.25) is 0 Å². The summed E-state index contributed by atoms with van der Waals surface area (Å²) in [6, 6.07) is 9.97. The number of pyridine rings is 1. The van der Waals surface area contributed by atoms with Crippen LogP contribution in [0.3, 0.4) is 0 Å². The second kappa shape index (κ2) is 7.00. The molecule has 0 atom stereocenters. The average Bonchev–Trinajstić information content (AvgIpc) is 2.53. The monoisotopic (exact) mass is 312 g/mol. The van der Waals surface area contributed by atoms with Gasteiger partial charge in [0.05, 0.1) is 4.92 Å². The number of ether oxygens (including phenoxy) is 1. The molecule has 0 unspecified atom stereocenters. The Morgan fingerprint density at radius 1 is 1.43 bits per heavy atom. The van der Waals surface area contributed by atoms with Crippen molar-refractivity contribution < 1.29 is 14.5 Å². The van der Waals surface area contributed by atoms with E-state index >= 15 is 0 Å². The lowest BCUT2D eigenvalue weighted by molar-refractivity contribution is -0.384. The molecule has 0 aliphatic carbocycles. The van der Waals surface area contributed by atoms with Crippen molar-refractivity contribution in [2.45, 2.75) is 13.5 Å². The quantitative estimate of drug-likeness (QED) is 0.512. The number of aromatic nitrogens is 1. The van der Waals surface area contributed by atoms with Gasteiger partial charge in [0, 0.05) is 18.7 Å². The van der Waals surface area contributed by atoms with Gasteiger partial charge < -0.3 is 10.1 Å². The predicted molar refractivity (Wildman–Crippen MR) is 80.8 cm³/mol. The molecule has 0 fully saturated rings. The molecule has 0 saturated carbocycles. The number of hydrogen-bond donors (Lipinski definition) is 1. The van der Waals surface area contributed by atoms with Crippen molar-refractivity contribution >= 4 is 23.0 Å².